The molecule has 0 bridgehead atoms. The van der Waals surface area contributed by atoms with E-state index in [1.54, 1.807) is 25.1 Å². The van der Waals surface area contributed by atoms with Crippen molar-refractivity contribution in [1.82, 2.24) is 0 Å². The van der Waals surface area contributed by atoms with Gasteiger partial charge in [0.15, 0.2) is 0 Å². The Morgan fingerprint density at radius 1 is 1.50 bits per heavy atom. The van der Waals surface area contributed by atoms with Crippen LogP contribution in [0.3, 0.4) is 0 Å². The van der Waals surface area contributed by atoms with Crippen LogP contribution in [-0.4, -0.2) is 23.2 Å². The number of rotatable bonds is 7. The summed E-state index contributed by atoms with van der Waals surface area (Å²) in [5.74, 6) is 0.277. The van der Waals surface area contributed by atoms with E-state index in [1.165, 1.54) is 0 Å². The lowest BCUT2D eigenvalue weighted by atomic mass is 10.1. The highest BCUT2D eigenvalue weighted by Gasteiger charge is 2.15. The van der Waals surface area contributed by atoms with Gasteiger partial charge in [0, 0.05) is 18.7 Å². The van der Waals surface area contributed by atoms with Gasteiger partial charge in [0.1, 0.15) is 5.69 Å². The number of benzene rings is 1. The van der Waals surface area contributed by atoms with Gasteiger partial charge in [-0.2, -0.15) is 0 Å². The summed E-state index contributed by atoms with van der Waals surface area (Å²) in [5, 5.41) is 22.9. The first-order valence-corrected chi connectivity index (χ1v) is 6.15. The Morgan fingerprint density at radius 2 is 2.22 bits per heavy atom. The number of hydrogen-bond donors (Lipinski definition) is 2. The van der Waals surface area contributed by atoms with Crippen molar-refractivity contribution in [2.45, 2.75) is 26.7 Å². The Labute approximate surface area is 107 Å². The zero-order valence-corrected chi connectivity index (χ0v) is 10.8. The van der Waals surface area contributed by atoms with Gasteiger partial charge in [-0.3, -0.25) is 10.1 Å². The van der Waals surface area contributed by atoms with Crippen molar-refractivity contribution in [3.05, 3.63) is 33.9 Å². The number of anilines is 1. The molecule has 5 heteroatoms. The molecule has 0 saturated carbocycles. The van der Waals surface area contributed by atoms with Crippen LogP contribution >= 0.6 is 0 Å². The summed E-state index contributed by atoms with van der Waals surface area (Å²) in [4.78, 5) is 10.6. The number of aliphatic hydroxyl groups is 1. The van der Waals surface area contributed by atoms with Gasteiger partial charge in [0.05, 0.1) is 4.92 Å². The summed E-state index contributed by atoms with van der Waals surface area (Å²) in [5.41, 5.74) is 1.37. The Hall–Kier alpha value is -1.62. The van der Waals surface area contributed by atoms with Crippen molar-refractivity contribution in [2.24, 2.45) is 5.92 Å². The van der Waals surface area contributed by atoms with E-state index in [-0.39, 0.29) is 23.1 Å². The van der Waals surface area contributed by atoms with Crippen molar-refractivity contribution >= 4 is 11.4 Å². The molecule has 0 aliphatic carbocycles. The first kappa shape index (κ1) is 14.4. The Kier molecular flexibility index (Phi) is 5.58. The lowest BCUT2D eigenvalue weighted by Crippen LogP contribution is -2.08. The molecule has 5 nitrogen and oxygen atoms in total. The second-order valence-corrected chi connectivity index (χ2v) is 4.58. The summed E-state index contributed by atoms with van der Waals surface area (Å²) >= 11 is 0. The average Bonchev–Trinajstić information content (AvgIpc) is 2.33. The van der Waals surface area contributed by atoms with Gasteiger partial charge in [-0.25, -0.2) is 0 Å². The SMILES string of the molecule is Cc1cccc(NCCCC(C)CO)c1[N+](=O)[O-]. The summed E-state index contributed by atoms with van der Waals surface area (Å²) < 4.78 is 0. The van der Waals surface area contributed by atoms with Gasteiger partial charge < -0.3 is 10.4 Å². The number of para-hydroxylation sites is 1. The highest BCUT2D eigenvalue weighted by atomic mass is 16.6. The zero-order chi connectivity index (χ0) is 13.5. The van der Waals surface area contributed by atoms with Gasteiger partial charge in [-0.05, 0) is 31.7 Å². The van der Waals surface area contributed by atoms with E-state index >= 15 is 0 Å². The molecule has 1 unspecified atom stereocenters. The first-order chi connectivity index (χ1) is 8.56. The third-order valence-corrected chi connectivity index (χ3v) is 2.92. The largest absolute Gasteiger partial charge is 0.396 e. The maximum Gasteiger partial charge on any atom is 0.295 e. The van der Waals surface area contributed by atoms with Crippen LogP contribution in [0.25, 0.3) is 0 Å². The molecule has 0 radical (unpaired) electrons. The number of nitrogens with zero attached hydrogens (tertiary/aromatic N) is 1. The van der Waals surface area contributed by atoms with Gasteiger partial charge >= 0.3 is 0 Å². The van der Waals surface area contributed by atoms with Crippen LogP contribution < -0.4 is 5.32 Å². The van der Waals surface area contributed by atoms with Crippen molar-refractivity contribution in [3.8, 4) is 0 Å². The second kappa shape index (κ2) is 6.96. The number of hydrogen-bond acceptors (Lipinski definition) is 4. The van der Waals surface area contributed by atoms with Crippen molar-refractivity contribution < 1.29 is 10.0 Å². The predicted octanol–water partition coefficient (Wildman–Crippen LogP) is 2.72. The van der Waals surface area contributed by atoms with Crippen molar-refractivity contribution in [2.75, 3.05) is 18.5 Å². The van der Waals surface area contributed by atoms with E-state index in [2.05, 4.69) is 5.32 Å². The Morgan fingerprint density at radius 3 is 2.83 bits per heavy atom. The third-order valence-electron chi connectivity index (χ3n) is 2.92. The molecule has 0 heterocycles. The van der Waals surface area contributed by atoms with Crippen LogP contribution in [0.2, 0.25) is 0 Å². The molecule has 0 spiro atoms. The average molecular weight is 252 g/mol. The smallest absolute Gasteiger partial charge is 0.295 e. The van der Waals surface area contributed by atoms with Crippen molar-refractivity contribution in [3.63, 3.8) is 0 Å². The molecule has 0 aliphatic rings. The van der Waals surface area contributed by atoms with Gasteiger partial charge in [0.25, 0.3) is 5.69 Å². The van der Waals surface area contributed by atoms with Crippen LogP contribution in [0, 0.1) is 23.0 Å². The molecule has 2 N–H and O–H groups in total. The molecular formula is C13H20N2O3. The van der Waals surface area contributed by atoms with Crippen LogP contribution in [0.4, 0.5) is 11.4 Å². The Balaban J connectivity index is 2.57. The minimum absolute atomic E-state index is 0.146. The molecule has 100 valence electrons. The highest BCUT2D eigenvalue weighted by molar-refractivity contribution is 5.64. The number of aliphatic hydroxyl groups excluding tert-OH is 1. The van der Waals surface area contributed by atoms with Crippen molar-refractivity contribution in [1.29, 1.82) is 0 Å². The van der Waals surface area contributed by atoms with E-state index in [4.69, 9.17) is 5.11 Å². The standard InChI is InChI=1S/C13H20N2O3/c1-10(9-16)5-4-8-14-12-7-3-6-11(2)13(12)15(17)18/h3,6-7,10,14,16H,4-5,8-9H2,1-2H3. The van der Waals surface area contributed by atoms with Gasteiger partial charge in [0.2, 0.25) is 0 Å². The summed E-state index contributed by atoms with van der Waals surface area (Å²) in [6.45, 7) is 4.57. The second-order valence-electron chi connectivity index (χ2n) is 4.58. The molecule has 18 heavy (non-hydrogen) atoms. The minimum atomic E-state index is -0.353. The molecule has 1 rings (SSSR count). The quantitative estimate of drug-likeness (QED) is 0.444. The normalized spacial score (nSPS) is 12.2. The van der Waals surface area contributed by atoms with Gasteiger partial charge in [-0.15, -0.1) is 0 Å². The van der Waals surface area contributed by atoms with E-state index in [0.29, 0.717) is 17.8 Å². The van der Waals surface area contributed by atoms with Gasteiger partial charge in [-0.1, -0.05) is 19.1 Å². The highest BCUT2D eigenvalue weighted by Crippen LogP contribution is 2.27. The molecule has 1 atom stereocenters. The van der Waals surface area contributed by atoms with Crippen LogP contribution in [0.5, 0.6) is 0 Å². The van der Waals surface area contributed by atoms with E-state index < -0.39 is 0 Å². The topological polar surface area (TPSA) is 75.4 Å². The Bertz CT molecular complexity index is 407. The monoisotopic (exact) mass is 252 g/mol. The molecular weight excluding hydrogens is 232 g/mol. The maximum atomic E-state index is 11.0. The maximum absolute atomic E-state index is 11.0. The number of nitrogens with one attached hydrogen (secondary N) is 1. The molecule has 0 saturated heterocycles. The number of nitro groups is 1. The molecule has 1 aromatic rings. The minimum Gasteiger partial charge on any atom is -0.396 e. The molecule has 1 aromatic carbocycles. The fraction of sp³-hybridized carbons (Fsp3) is 0.538. The zero-order valence-electron chi connectivity index (χ0n) is 10.8. The molecule has 0 fully saturated rings. The first-order valence-electron chi connectivity index (χ1n) is 6.15. The number of nitro benzene ring substituents is 1. The molecule has 0 aliphatic heterocycles. The molecule has 0 amide bonds. The van der Waals surface area contributed by atoms with E-state index in [1.807, 2.05) is 6.92 Å². The fourth-order valence-corrected chi connectivity index (χ4v) is 1.81. The van der Waals surface area contributed by atoms with E-state index in [0.717, 1.165) is 12.8 Å². The summed E-state index contributed by atoms with van der Waals surface area (Å²) in [6, 6.07) is 5.26. The van der Waals surface area contributed by atoms with Crippen LogP contribution in [0.15, 0.2) is 18.2 Å². The summed E-state index contributed by atoms with van der Waals surface area (Å²) in [7, 11) is 0. The van der Waals surface area contributed by atoms with Crippen LogP contribution in [-0.2, 0) is 0 Å². The van der Waals surface area contributed by atoms with Crippen LogP contribution in [0.1, 0.15) is 25.3 Å². The van der Waals surface area contributed by atoms with E-state index in [9.17, 15) is 10.1 Å². The fourth-order valence-electron chi connectivity index (χ4n) is 1.81. The lowest BCUT2D eigenvalue weighted by molar-refractivity contribution is -0.384. The third kappa shape index (κ3) is 4.00. The number of aryl methyl sites for hydroxylation is 1. The molecule has 0 aromatic heterocycles. The summed E-state index contributed by atoms with van der Waals surface area (Å²) in [6.07, 6.45) is 1.79. The predicted molar refractivity (Wildman–Crippen MR) is 71.8 cm³/mol. The lowest BCUT2D eigenvalue weighted by Gasteiger charge is -2.10.